The van der Waals surface area contributed by atoms with Gasteiger partial charge in [0.05, 0.1) is 7.11 Å². The van der Waals surface area contributed by atoms with Gasteiger partial charge in [0, 0.05) is 11.6 Å². The number of nitrogens with two attached hydrogens (primary N) is 1. The average molecular weight is 471 g/mol. The third kappa shape index (κ3) is 4.44. The van der Waals surface area contributed by atoms with Gasteiger partial charge in [0.2, 0.25) is 15.9 Å². The van der Waals surface area contributed by atoms with Crippen molar-refractivity contribution in [2.75, 3.05) is 7.11 Å². The fourth-order valence-electron chi connectivity index (χ4n) is 4.24. The highest BCUT2D eigenvalue weighted by atomic mass is 32.2. The van der Waals surface area contributed by atoms with Crippen LogP contribution in [0.5, 0.6) is 0 Å². The molecule has 1 aromatic heterocycles. The zero-order chi connectivity index (χ0) is 23.8. The van der Waals surface area contributed by atoms with Gasteiger partial charge in [-0.05, 0) is 47.7 Å². The molecule has 0 amide bonds. The summed E-state index contributed by atoms with van der Waals surface area (Å²) >= 11 is 0. The second kappa shape index (κ2) is 8.87. The maximum absolute atomic E-state index is 13.4. The van der Waals surface area contributed by atoms with E-state index in [1.165, 1.54) is 13.2 Å². The highest BCUT2D eigenvalue weighted by Crippen LogP contribution is 2.37. The van der Waals surface area contributed by atoms with Crippen molar-refractivity contribution in [3.63, 3.8) is 0 Å². The first-order valence-corrected chi connectivity index (χ1v) is 12.0. The topological polar surface area (TPSA) is 140 Å². The number of benzene rings is 2. The van der Waals surface area contributed by atoms with Crippen LogP contribution in [0.4, 0.5) is 0 Å². The first kappa shape index (κ1) is 22.8. The van der Waals surface area contributed by atoms with E-state index in [1.54, 1.807) is 0 Å². The minimum Gasteiger partial charge on any atom is -0.496 e. The Labute approximate surface area is 191 Å². The molecule has 0 spiro atoms. The molecule has 1 aliphatic carbocycles. The molecule has 10 heteroatoms. The Morgan fingerprint density at radius 3 is 2.61 bits per heavy atom. The number of aromatic nitrogens is 2. The van der Waals surface area contributed by atoms with Gasteiger partial charge in [-0.25, -0.2) is 18.3 Å². The summed E-state index contributed by atoms with van der Waals surface area (Å²) in [5.74, 6) is -1.05. The van der Waals surface area contributed by atoms with E-state index in [9.17, 15) is 13.2 Å². The van der Waals surface area contributed by atoms with Crippen molar-refractivity contribution in [2.24, 2.45) is 5.73 Å². The van der Waals surface area contributed by atoms with Gasteiger partial charge in [-0.2, -0.15) is 4.72 Å². The van der Waals surface area contributed by atoms with Crippen molar-refractivity contribution >= 4 is 20.8 Å². The first-order chi connectivity index (χ1) is 15.7. The number of fused-ring (bicyclic) bond motifs is 1. The third-order valence-corrected chi connectivity index (χ3v) is 7.53. The minimum atomic E-state index is -4.03. The van der Waals surface area contributed by atoms with E-state index >= 15 is 0 Å². The van der Waals surface area contributed by atoms with Gasteiger partial charge < -0.3 is 14.9 Å². The predicted molar refractivity (Wildman–Crippen MR) is 125 cm³/mol. The Morgan fingerprint density at radius 1 is 1.21 bits per heavy atom. The number of hydrogen-bond donors (Lipinski definition) is 3. The molecule has 33 heavy (non-hydrogen) atoms. The van der Waals surface area contributed by atoms with Crippen molar-refractivity contribution in [2.45, 2.75) is 38.6 Å². The maximum atomic E-state index is 13.4. The maximum Gasteiger partial charge on any atom is 0.434 e. The molecule has 1 aliphatic rings. The van der Waals surface area contributed by atoms with Gasteiger partial charge in [0.25, 0.3) is 0 Å². The number of nitrogens with one attached hydrogen (secondary N) is 2. The highest BCUT2D eigenvalue weighted by Gasteiger charge is 2.34. The molecule has 4 N–H and O–H groups in total. The predicted octanol–water partition coefficient (Wildman–Crippen LogP) is 3.08. The van der Waals surface area contributed by atoms with Crippen LogP contribution in [0.25, 0.3) is 10.8 Å². The number of aryl methyl sites for hydroxylation is 1. The third-order valence-electron chi connectivity index (χ3n) is 5.91. The van der Waals surface area contributed by atoms with Crippen LogP contribution in [0.3, 0.4) is 0 Å². The Hall–Kier alpha value is -3.37. The Bertz CT molecular complexity index is 1410. The second-order valence-electron chi connectivity index (χ2n) is 8.07. The SMILES string of the molecule is COC1=C(S(=O)(=O)N[C@H](c2n[nH]c(=O)o2)[C@H](C)c2cccc3cccc(C)c23)CCC(N)=C1. The monoisotopic (exact) mass is 470 g/mol. The molecule has 0 bridgehead atoms. The van der Waals surface area contributed by atoms with E-state index in [4.69, 9.17) is 14.9 Å². The zero-order valence-corrected chi connectivity index (χ0v) is 19.4. The van der Waals surface area contributed by atoms with Crippen LogP contribution >= 0.6 is 0 Å². The molecule has 2 atom stereocenters. The molecule has 0 fully saturated rings. The van der Waals surface area contributed by atoms with Gasteiger partial charge >= 0.3 is 5.76 Å². The molecule has 4 rings (SSSR count). The summed E-state index contributed by atoms with van der Waals surface area (Å²) in [7, 11) is -2.64. The highest BCUT2D eigenvalue weighted by molar-refractivity contribution is 7.93. The number of allylic oxidation sites excluding steroid dienone is 3. The summed E-state index contributed by atoms with van der Waals surface area (Å²) in [4.78, 5) is 11.8. The molecule has 9 nitrogen and oxygen atoms in total. The molecule has 0 radical (unpaired) electrons. The summed E-state index contributed by atoms with van der Waals surface area (Å²) < 4.78 is 40.1. The lowest BCUT2D eigenvalue weighted by molar-refractivity contribution is 0.300. The van der Waals surface area contributed by atoms with Gasteiger partial charge in [-0.3, -0.25) is 0 Å². The molecular formula is C23H26N4O5S. The zero-order valence-electron chi connectivity index (χ0n) is 18.6. The van der Waals surface area contributed by atoms with Crippen LogP contribution in [0.2, 0.25) is 0 Å². The summed E-state index contributed by atoms with van der Waals surface area (Å²) in [6.45, 7) is 3.87. The molecule has 0 saturated carbocycles. The van der Waals surface area contributed by atoms with Gasteiger partial charge in [0.15, 0.2) is 0 Å². The number of sulfonamides is 1. The molecule has 0 saturated heterocycles. The normalized spacial score (nSPS) is 16.5. The van der Waals surface area contributed by atoms with E-state index in [2.05, 4.69) is 14.9 Å². The Kier molecular flexibility index (Phi) is 6.13. The lowest BCUT2D eigenvalue weighted by Crippen LogP contribution is -2.34. The van der Waals surface area contributed by atoms with Crippen LogP contribution in [0.15, 0.2) is 68.0 Å². The molecule has 2 aromatic carbocycles. The lowest BCUT2D eigenvalue weighted by Gasteiger charge is -2.26. The van der Waals surface area contributed by atoms with Crippen LogP contribution in [0.1, 0.15) is 48.7 Å². The second-order valence-corrected chi connectivity index (χ2v) is 9.81. The van der Waals surface area contributed by atoms with E-state index < -0.39 is 27.7 Å². The van der Waals surface area contributed by atoms with Gasteiger partial charge in [-0.1, -0.05) is 43.3 Å². The van der Waals surface area contributed by atoms with E-state index in [0.717, 1.165) is 21.9 Å². The number of H-pyrrole nitrogens is 1. The number of rotatable bonds is 7. The fourth-order valence-corrected chi connectivity index (χ4v) is 5.80. The molecule has 3 aromatic rings. The van der Waals surface area contributed by atoms with Crippen molar-refractivity contribution in [3.05, 3.63) is 86.4 Å². The first-order valence-electron chi connectivity index (χ1n) is 10.5. The van der Waals surface area contributed by atoms with Gasteiger partial charge in [-0.15, -0.1) is 5.10 Å². The summed E-state index contributed by atoms with van der Waals surface area (Å²) in [5.41, 5.74) is 8.36. The molecule has 0 unspecified atom stereocenters. The minimum absolute atomic E-state index is 0.0490. The van der Waals surface area contributed by atoms with Crippen LogP contribution in [-0.2, 0) is 14.8 Å². The van der Waals surface area contributed by atoms with E-state index in [-0.39, 0.29) is 23.0 Å². The Balaban J connectivity index is 1.82. The van der Waals surface area contributed by atoms with E-state index in [0.29, 0.717) is 12.1 Å². The molecule has 174 valence electrons. The number of ether oxygens (including phenoxy) is 1. The molecular weight excluding hydrogens is 444 g/mol. The average Bonchev–Trinajstić information content (AvgIpc) is 3.22. The van der Waals surface area contributed by atoms with E-state index in [1.807, 2.05) is 50.2 Å². The summed E-state index contributed by atoms with van der Waals surface area (Å²) in [6, 6.07) is 10.9. The van der Waals surface area contributed by atoms with Gasteiger partial charge in [0.1, 0.15) is 16.7 Å². The molecule has 0 aliphatic heterocycles. The number of nitrogens with zero attached hydrogens (tertiary/aromatic N) is 1. The van der Waals surface area contributed by atoms with Crippen molar-refractivity contribution in [1.82, 2.24) is 14.9 Å². The fraction of sp³-hybridized carbons (Fsp3) is 0.304. The number of aromatic amines is 1. The van der Waals surface area contributed by atoms with Crippen molar-refractivity contribution in [1.29, 1.82) is 0 Å². The standard InChI is InChI=1S/C23H26N4O5S/c1-13-6-4-7-15-8-5-9-17(20(13)15)14(2)21(22-25-26-23(28)32-22)27-33(29,30)19-11-10-16(24)12-18(19)31-3/h4-9,12,14,21,27H,10-11,24H2,1-3H3,(H,26,28)/t14-,21+/m1/s1. The van der Waals surface area contributed by atoms with Crippen molar-refractivity contribution in [3.8, 4) is 0 Å². The van der Waals surface area contributed by atoms with Crippen molar-refractivity contribution < 1.29 is 17.6 Å². The van der Waals surface area contributed by atoms with Crippen LogP contribution < -0.4 is 16.2 Å². The largest absolute Gasteiger partial charge is 0.496 e. The van der Waals surface area contributed by atoms with Crippen LogP contribution in [-0.4, -0.2) is 25.7 Å². The lowest BCUT2D eigenvalue weighted by atomic mass is 9.88. The summed E-state index contributed by atoms with van der Waals surface area (Å²) in [5, 5.41) is 8.20. The smallest absolute Gasteiger partial charge is 0.434 e. The Morgan fingerprint density at radius 2 is 1.94 bits per heavy atom. The quantitative estimate of drug-likeness (QED) is 0.482. The number of hydrogen-bond acceptors (Lipinski definition) is 7. The molecule has 1 heterocycles. The summed E-state index contributed by atoms with van der Waals surface area (Å²) in [6.07, 6.45) is 2.10. The van der Waals surface area contributed by atoms with Crippen LogP contribution in [0, 0.1) is 6.92 Å². The number of methoxy groups -OCH3 is 1.